The van der Waals surface area contributed by atoms with E-state index in [-0.39, 0.29) is 6.42 Å². The van der Waals surface area contributed by atoms with Crippen LogP contribution in [0.2, 0.25) is 0 Å². The van der Waals surface area contributed by atoms with Crippen LogP contribution in [-0.4, -0.2) is 26.0 Å². The Labute approximate surface area is 170 Å². The Hall–Kier alpha value is -2.88. The molecule has 1 heterocycles. The first-order valence-electron chi connectivity index (χ1n) is 10.0. The van der Waals surface area contributed by atoms with Gasteiger partial charge in [0.25, 0.3) is 0 Å². The number of aliphatic hydroxyl groups excluding tert-OH is 1. The second-order valence-corrected chi connectivity index (χ2v) is 8.16. The molecule has 1 aliphatic carbocycles. The van der Waals surface area contributed by atoms with Gasteiger partial charge in [-0.25, -0.2) is 4.98 Å². The lowest BCUT2D eigenvalue weighted by atomic mass is 9.92. The van der Waals surface area contributed by atoms with Gasteiger partial charge in [0.2, 0.25) is 5.95 Å². The molecule has 2 aromatic carbocycles. The van der Waals surface area contributed by atoms with Crippen molar-refractivity contribution in [1.29, 1.82) is 5.26 Å². The predicted molar refractivity (Wildman–Crippen MR) is 112 cm³/mol. The number of anilines is 1. The third-order valence-corrected chi connectivity index (χ3v) is 5.88. The van der Waals surface area contributed by atoms with Crippen molar-refractivity contribution in [2.75, 3.05) is 5.32 Å². The van der Waals surface area contributed by atoms with Crippen molar-refractivity contribution >= 4 is 17.0 Å². The molecule has 0 saturated heterocycles. The van der Waals surface area contributed by atoms with Gasteiger partial charge in [0, 0.05) is 12.5 Å². The molecule has 0 amide bonds. The number of aromatic nitrogens is 2. The molecule has 1 aliphatic rings. The van der Waals surface area contributed by atoms with E-state index in [9.17, 15) is 15.5 Å². The monoisotopic (exact) mass is 390 g/mol. The second-order valence-electron chi connectivity index (χ2n) is 8.16. The molecule has 0 aliphatic heterocycles. The molecule has 0 spiro atoms. The van der Waals surface area contributed by atoms with Crippen LogP contribution in [0.15, 0.2) is 42.5 Å². The number of hydrogen-bond donors (Lipinski definition) is 3. The van der Waals surface area contributed by atoms with Crippen LogP contribution < -0.4 is 5.32 Å². The lowest BCUT2D eigenvalue weighted by molar-refractivity contribution is 0.00781. The summed E-state index contributed by atoms with van der Waals surface area (Å²) in [7, 11) is 0. The van der Waals surface area contributed by atoms with E-state index < -0.39 is 11.8 Å². The number of aliphatic hydroxyl groups is 2. The Morgan fingerprint density at radius 2 is 2.03 bits per heavy atom. The Morgan fingerprint density at radius 3 is 2.66 bits per heavy atom. The zero-order chi connectivity index (χ0) is 20.6. The van der Waals surface area contributed by atoms with Crippen LogP contribution in [-0.2, 0) is 5.60 Å². The average Bonchev–Trinajstić information content (AvgIpc) is 2.96. The maximum absolute atomic E-state index is 10.9. The minimum Gasteiger partial charge on any atom is -0.385 e. The van der Waals surface area contributed by atoms with Gasteiger partial charge in [-0.1, -0.05) is 30.3 Å². The molecule has 0 bridgehead atoms. The first-order chi connectivity index (χ1) is 13.9. The van der Waals surface area contributed by atoms with Gasteiger partial charge in [-0.3, -0.25) is 0 Å². The molecule has 2 atom stereocenters. The molecule has 150 valence electrons. The van der Waals surface area contributed by atoms with Gasteiger partial charge in [-0.05, 0) is 56.4 Å². The predicted octanol–water partition coefficient (Wildman–Crippen LogP) is 3.97. The van der Waals surface area contributed by atoms with E-state index >= 15 is 0 Å². The first kappa shape index (κ1) is 19.4. The smallest absolute Gasteiger partial charge is 0.206 e. The number of fused-ring (bicyclic) bond motifs is 1. The van der Waals surface area contributed by atoms with Crippen LogP contribution in [0.1, 0.15) is 55.3 Å². The number of nitriles is 1. The normalized spacial score (nSPS) is 17.3. The van der Waals surface area contributed by atoms with Gasteiger partial charge in [-0.2, -0.15) is 5.26 Å². The Kier molecular flexibility index (Phi) is 5.03. The van der Waals surface area contributed by atoms with Crippen LogP contribution >= 0.6 is 0 Å². The van der Waals surface area contributed by atoms with Gasteiger partial charge in [0.05, 0.1) is 28.3 Å². The van der Waals surface area contributed by atoms with Crippen molar-refractivity contribution in [2.45, 2.75) is 57.4 Å². The molecule has 3 N–H and O–H groups in total. The van der Waals surface area contributed by atoms with Gasteiger partial charge in [-0.15, -0.1) is 0 Å². The number of nitrogens with zero attached hydrogens (tertiary/aromatic N) is 3. The van der Waals surface area contributed by atoms with E-state index in [2.05, 4.69) is 16.0 Å². The van der Waals surface area contributed by atoms with Crippen molar-refractivity contribution in [1.82, 2.24) is 9.55 Å². The van der Waals surface area contributed by atoms with E-state index in [4.69, 9.17) is 4.98 Å². The zero-order valence-corrected chi connectivity index (χ0v) is 16.8. The fourth-order valence-electron chi connectivity index (χ4n) is 3.97. The third-order valence-electron chi connectivity index (χ3n) is 5.88. The highest BCUT2D eigenvalue weighted by Crippen LogP contribution is 2.38. The summed E-state index contributed by atoms with van der Waals surface area (Å²) in [5.41, 5.74) is 2.81. The van der Waals surface area contributed by atoms with E-state index in [0.717, 1.165) is 41.4 Å². The van der Waals surface area contributed by atoms with Crippen LogP contribution in [0.4, 0.5) is 5.95 Å². The molecule has 6 heteroatoms. The third kappa shape index (κ3) is 3.71. The number of imidazole rings is 1. The summed E-state index contributed by atoms with van der Waals surface area (Å²) in [5, 5.41) is 34.1. The van der Waals surface area contributed by atoms with Crippen LogP contribution in [0, 0.1) is 18.3 Å². The van der Waals surface area contributed by atoms with Gasteiger partial charge in [0.15, 0.2) is 0 Å². The lowest BCUT2D eigenvalue weighted by Crippen LogP contribution is -2.33. The maximum Gasteiger partial charge on any atom is 0.206 e. The number of nitrogens with one attached hydrogen (secondary N) is 1. The van der Waals surface area contributed by atoms with Crippen molar-refractivity contribution in [3.63, 3.8) is 0 Å². The van der Waals surface area contributed by atoms with Crippen LogP contribution in [0.25, 0.3) is 11.0 Å². The topological polar surface area (TPSA) is 94.1 Å². The Bertz CT molecular complexity index is 1060. The molecule has 29 heavy (non-hydrogen) atoms. The molecule has 3 aromatic rings. The molecule has 1 fully saturated rings. The Morgan fingerprint density at radius 1 is 1.31 bits per heavy atom. The molecule has 6 nitrogen and oxygen atoms in total. The largest absolute Gasteiger partial charge is 0.385 e. The Balaban J connectivity index is 1.64. The van der Waals surface area contributed by atoms with E-state index in [1.165, 1.54) is 0 Å². The fraction of sp³-hybridized carbons (Fsp3) is 0.391. The summed E-state index contributed by atoms with van der Waals surface area (Å²) in [5.74, 6) is 0.579. The van der Waals surface area contributed by atoms with Crippen molar-refractivity contribution in [2.24, 2.45) is 0 Å². The maximum atomic E-state index is 10.9. The summed E-state index contributed by atoms with van der Waals surface area (Å²) >= 11 is 0. The van der Waals surface area contributed by atoms with Crippen molar-refractivity contribution < 1.29 is 10.2 Å². The highest BCUT2D eigenvalue weighted by Gasteiger charge is 2.29. The number of hydrogen-bond acceptors (Lipinski definition) is 5. The highest BCUT2D eigenvalue weighted by molar-refractivity contribution is 5.81. The summed E-state index contributed by atoms with van der Waals surface area (Å²) in [6.07, 6.45) is 2.40. The lowest BCUT2D eigenvalue weighted by Gasteiger charge is -2.31. The van der Waals surface area contributed by atoms with Crippen LogP contribution in [0.5, 0.6) is 0 Å². The summed E-state index contributed by atoms with van der Waals surface area (Å²) in [6.45, 7) is 3.60. The molecular weight excluding hydrogens is 364 g/mol. The van der Waals surface area contributed by atoms with E-state index in [1.54, 1.807) is 6.92 Å². The SMILES string of the molecule is Cc1cc2nc(NC(O)C[C@@](C)(O)c3ccccc3)n(C3CCC3)c2cc1C#N. The first-order valence-corrected chi connectivity index (χ1v) is 10.0. The second kappa shape index (κ2) is 7.51. The molecule has 4 rings (SSSR count). The molecule has 1 aromatic heterocycles. The quantitative estimate of drug-likeness (QED) is 0.554. The number of benzene rings is 2. The minimum absolute atomic E-state index is 0.118. The molecular formula is C23H26N4O2. The highest BCUT2D eigenvalue weighted by atomic mass is 16.3. The molecule has 0 radical (unpaired) electrons. The molecule has 1 unspecified atom stereocenters. The van der Waals surface area contributed by atoms with E-state index in [0.29, 0.717) is 17.6 Å². The van der Waals surface area contributed by atoms with Gasteiger partial charge < -0.3 is 20.1 Å². The van der Waals surface area contributed by atoms with E-state index in [1.807, 2.05) is 49.4 Å². The standard InChI is InChI=1S/C23H26N4O2/c1-15-11-19-20(12-16(15)14-24)27(18-9-6-10-18)22(25-19)26-21(28)13-23(2,29)17-7-4-3-5-8-17/h3-5,7-8,11-12,18,21,28-29H,6,9-10,13H2,1-2H3,(H,25,26)/t21?,23-/m1/s1. The van der Waals surface area contributed by atoms with Crippen molar-refractivity contribution in [3.05, 3.63) is 59.2 Å². The van der Waals surface area contributed by atoms with Gasteiger partial charge in [0.1, 0.15) is 6.23 Å². The average molecular weight is 390 g/mol. The number of rotatable bonds is 6. The summed E-state index contributed by atoms with van der Waals surface area (Å²) in [6, 6.07) is 15.7. The number of aryl methyl sites for hydroxylation is 1. The van der Waals surface area contributed by atoms with Gasteiger partial charge >= 0.3 is 0 Å². The minimum atomic E-state index is -1.18. The summed E-state index contributed by atoms with van der Waals surface area (Å²) < 4.78 is 2.10. The fourth-order valence-corrected chi connectivity index (χ4v) is 3.97. The van der Waals surface area contributed by atoms with Crippen LogP contribution in [0.3, 0.4) is 0 Å². The summed E-state index contributed by atoms with van der Waals surface area (Å²) in [4.78, 5) is 4.70. The zero-order valence-electron chi connectivity index (χ0n) is 16.8. The molecule has 1 saturated carbocycles. The van der Waals surface area contributed by atoms with Crippen molar-refractivity contribution in [3.8, 4) is 6.07 Å².